The highest BCUT2D eigenvalue weighted by Gasteiger charge is 2.15. The van der Waals surface area contributed by atoms with Crippen molar-refractivity contribution in [1.82, 2.24) is 9.99 Å². The first-order chi connectivity index (χ1) is 16.1. The molecule has 5 rings (SSSR count). The van der Waals surface area contributed by atoms with Crippen molar-refractivity contribution >= 4 is 33.8 Å². The van der Waals surface area contributed by atoms with Crippen LogP contribution in [0, 0.1) is 5.82 Å². The number of phenols is 1. The molecule has 2 N–H and O–H groups in total. The number of aromatic nitrogens is 1. The Labute approximate surface area is 189 Å². The van der Waals surface area contributed by atoms with Crippen LogP contribution >= 0.6 is 0 Å². The number of phenolic OH excluding ortho intramolecular Hbond substituents is 1. The quantitative estimate of drug-likeness (QED) is 0.284. The van der Waals surface area contributed by atoms with Gasteiger partial charge in [-0.1, -0.05) is 66.7 Å². The molecule has 6 heteroatoms. The average Bonchev–Trinajstić information content (AvgIpc) is 3.18. The third kappa shape index (κ3) is 3.94. The molecule has 0 aliphatic rings. The predicted octanol–water partition coefficient (Wildman–Crippen LogP) is 5.45. The van der Waals surface area contributed by atoms with Crippen LogP contribution in [0.25, 0.3) is 21.7 Å². The molecule has 0 unspecified atom stereocenters. The molecule has 0 fully saturated rings. The van der Waals surface area contributed by atoms with Gasteiger partial charge in [0.25, 0.3) is 5.91 Å². The van der Waals surface area contributed by atoms with Crippen LogP contribution in [-0.2, 0) is 6.54 Å². The Morgan fingerprint density at radius 2 is 1.67 bits per heavy atom. The van der Waals surface area contributed by atoms with Gasteiger partial charge in [0.05, 0.1) is 18.3 Å². The number of hydrogen-bond acceptors (Lipinski definition) is 3. The SMILES string of the molecule is O=C(N/N=C\c1cn(Cc2ccccc2F)c2ccccc12)c1c(O)ccc2ccccc12. The van der Waals surface area contributed by atoms with Crippen LogP contribution in [0.15, 0.2) is 96.2 Å². The Hall–Kier alpha value is -4.45. The second-order valence-corrected chi connectivity index (χ2v) is 7.70. The van der Waals surface area contributed by atoms with Gasteiger partial charge in [0.1, 0.15) is 11.6 Å². The first kappa shape index (κ1) is 20.5. The third-order valence-corrected chi connectivity index (χ3v) is 5.62. The Balaban J connectivity index is 1.43. The Bertz CT molecular complexity index is 1520. The second-order valence-electron chi connectivity index (χ2n) is 7.70. The summed E-state index contributed by atoms with van der Waals surface area (Å²) < 4.78 is 16.1. The van der Waals surface area contributed by atoms with Crippen LogP contribution in [0.5, 0.6) is 5.75 Å². The van der Waals surface area contributed by atoms with Crippen molar-refractivity contribution in [2.24, 2.45) is 5.10 Å². The number of halogens is 1. The van der Waals surface area contributed by atoms with Crippen LogP contribution in [0.4, 0.5) is 4.39 Å². The summed E-state index contributed by atoms with van der Waals surface area (Å²) in [5.41, 5.74) is 4.99. The maximum absolute atomic E-state index is 14.2. The maximum atomic E-state index is 14.2. The monoisotopic (exact) mass is 437 g/mol. The lowest BCUT2D eigenvalue weighted by Gasteiger charge is -2.07. The van der Waals surface area contributed by atoms with Gasteiger partial charge in [0, 0.05) is 28.2 Å². The summed E-state index contributed by atoms with van der Waals surface area (Å²) in [6.07, 6.45) is 3.43. The number of para-hydroxylation sites is 1. The first-order valence-corrected chi connectivity index (χ1v) is 10.5. The fourth-order valence-corrected chi connectivity index (χ4v) is 4.03. The molecule has 5 nitrogen and oxygen atoms in total. The largest absolute Gasteiger partial charge is 0.507 e. The number of benzene rings is 4. The van der Waals surface area contributed by atoms with Gasteiger partial charge in [-0.15, -0.1) is 0 Å². The summed E-state index contributed by atoms with van der Waals surface area (Å²) in [4.78, 5) is 12.8. The highest BCUT2D eigenvalue weighted by Crippen LogP contribution is 2.27. The number of carbonyl (C=O) groups is 1. The van der Waals surface area contributed by atoms with Crippen molar-refractivity contribution in [2.75, 3.05) is 0 Å². The summed E-state index contributed by atoms with van der Waals surface area (Å²) in [6, 6.07) is 25.0. The molecule has 0 bridgehead atoms. The number of hydrazone groups is 1. The minimum absolute atomic E-state index is 0.108. The van der Waals surface area contributed by atoms with Crippen LogP contribution in [-0.4, -0.2) is 21.8 Å². The van der Waals surface area contributed by atoms with Crippen molar-refractivity contribution in [3.8, 4) is 5.75 Å². The number of carbonyl (C=O) groups excluding carboxylic acids is 1. The molecule has 1 aromatic heterocycles. The fraction of sp³-hybridized carbons (Fsp3) is 0.0370. The average molecular weight is 437 g/mol. The highest BCUT2D eigenvalue weighted by molar-refractivity contribution is 6.09. The second kappa shape index (κ2) is 8.59. The fourth-order valence-electron chi connectivity index (χ4n) is 4.03. The van der Waals surface area contributed by atoms with Gasteiger partial charge in [-0.2, -0.15) is 5.10 Å². The summed E-state index contributed by atoms with van der Waals surface area (Å²) in [7, 11) is 0. The van der Waals surface area contributed by atoms with Crippen LogP contribution in [0.3, 0.4) is 0 Å². The molecule has 1 heterocycles. The number of nitrogens with zero attached hydrogens (tertiary/aromatic N) is 2. The first-order valence-electron chi connectivity index (χ1n) is 10.5. The molecule has 0 saturated carbocycles. The zero-order valence-corrected chi connectivity index (χ0v) is 17.6. The molecule has 162 valence electrons. The van der Waals surface area contributed by atoms with Gasteiger partial charge < -0.3 is 9.67 Å². The molecule has 0 aliphatic heterocycles. The van der Waals surface area contributed by atoms with Crippen molar-refractivity contribution in [3.63, 3.8) is 0 Å². The van der Waals surface area contributed by atoms with Crippen LogP contribution in [0.1, 0.15) is 21.5 Å². The molecule has 5 aromatic rings. The lowest BCUT2D eigenvalue weighted by Crippen LogP contribution is -2.18. The molecule has 4 aromatic carbocycles. The highest BCUT2D eigenvalue weighted by atomic mass is 19.1. The summed E-state index contributed by atoms with van der Waals surface area (Å²) >= 11 is 0. The number of rotatable bonds is 5. The van der Waals surface area contributed by atoms with Crippen LogP contribution < -0.4 is 5.43 Å². The number of hydrogen-bond donors (Lipinski definition) is 2. The van der Waals surface area contributed by atoms with E-state index in [1.54, 1.807) is 30.5 Å². The van der Waals surface area contributed by atoms with E-state index in [4.69, 9.17) is 0 Å². The van der Waals surface area contributed by atoms with E-state index in [0.717, 1.165) is 21.9 Å². The summed E-state index contributed by atoms with van der Waals surface area (Å²) in [5, 5.41) is 16.8. The van der Waals surface area contributed by atoms with Gasteiger partial charge in [-0.25, -0.2) is 9.82 Å². The van der Waals surface area contributed by atoms with E-state index >= 15 is 0 Å². The maximum Gasteiger partial charge on any atom is 0.275 e. The number of aromatic hydroxyl groups is 1. The van der Waals surface area contributed by atoms with Gasteiger partial charge in [-0.3, -0.25) is 4.79 Å². The van der Waals surface area contributed by atoms with Crippen molar-refractivity contribution < 1.29 is 14.3 Å². The zero-order chi connectivity index (χ0) is 22.8. The van der Waals surface area contributed by atoms with E-state index in [1.165, 1.54) is 12.1 Å². The Morgan fingerprint density at radius 1 is 0.939 bits per heavy atom. The summed E-state index contributed by atoms with van der Waals surface area (Å²) in [5.74, 6) is -0.869. The molecule has 1 amide bonds. The van der Waals surface area contributed by atoms with Gasteiger partial charge >= 0.3 is 0 Å². The van der Waals surface area contributed by atoms with E-state index in [0.29, 0.717) is 17.5 Å². The molecule has 0 radical (unpaired) electrons. The van der Waals surface area contributed by atoms with Gasteiger partial charge in [-0.05, 0) is 29.0 Å². The molecule has 0 atom stereocenters. The predicted molar refractivity (Wildman–Crippen MR) is 128 cm³/mol. The molecule has 0 spiro atoms. The lowest BCUT2D eigenvalue weighted by molar-refractivity contribution is 0.0954. The molecular formula is C27H20FN3O2. The van der Waals surface area contributed by atoms with E-state index in [2.05, 4.69) is 10.5 Å². The number of fused-ring (bicyclic) bond motifs is 2. The van der Waals surface area contributed by atoms with Crippen molar-refractivity contribution in [2.45, 2.75) is 6.54 Å². The number of amides is 1. The topological polar surface area (TPSA) is 66.6 Å². The zero-order valence-electron chi connectivity index (χ0n) is 17.6. The van der Waals surface area contributed by atoms with Crippen molar-refractivity contribution in [3.05, 3.63) is 114 Å². The minimum atomic E-state index is -0.504. The minimum Gasteiger partial charge on any atom is -0.507 e. The number of nitrogens with one attached hydrogen (secondary N) is 1. The molecule has 0 saturated heterocycles. The Kier molecular flexibility index (Phi) is 5.32. The third-order valence-electron chi connectivity index (χ3n) is 5.62. The van der Waals surface area contributed by atoms with Gasteiger partial charge in [0.15, 0.2) is 0 Å². The van der Waals surface area contributed by atoms with E-state index in [-0.39, 0.29) is 17.1 Å². The molecule has 33 heavy (non-hydrogen) atoms. The van der Waals surface area contributed by atoms with Gasteiger partial charge in [0.2, 0.25) is 0 Å². The normalized spacial score (nSPS) is 11.4. The van der Waals surface area contributed by atoms with Crippen LogP contribution in [0.2, 0.25) is 0 Å². The standard InChI is InChI=1S/C27H20FN3O2/c28-23-11-5-2-8-19(23)16-31-17-20(21-9-4-6-12-24(21)31)15-29-30-27(33)26-22-10-3-1-7-18(22)13-14-25(26)32/h1-15,17,32H,16H2,(H,30,33)/b29-15-. The van der Waals surface area contributed by atoms with E-state index < -0.39 is 5.91 Å². The Morgan fingerprint density at radius 3 is 2.52 bits per heavy atom. The van der Waals surface area contributed by atoms with E-state index in [1.807, 2.05) is 59.3 Å². The molecular weight excluding hydrogens is 417 g/mol. The van der Waals surface area contributed by atoms with E-state index in [9.17, 15) is 14.3 Å². The van der Waals surface area contributed by atoms with Crippen molar-refractivity contribution in [1.29, 1.82) is 0 Å². The smallest absolute Gasteiger partial charge is 0.275 e. The molecule has 0 aliphatic carbocycles. The summed E-state index contributed by atoms with van der Waals surface area (Å²) in [6.45, 7) is 0.372. The lowest BCUT2D eigenvalue weighted by atomic mass is 10.0.